The van der Waals surface area contributed by atoms with Crippen LogP contribution in [0.5, 0.6) is 0 Å². The van der Waals surface area contributed by atoms with Crippen LogP contribution in [0.3, 0.4) is 0 Å². The van der Waals surface area contributed by atoms with E-state index in [1.807, 2.05) is 0 Å². The molecule has 0 heterocycles. The minimum Gasteiger partial charge on any atom is -0.391 e. The van der Waals surface area contributed by atoms with E-state index in [-0.39, 0.29) is 17.8 Å². The fourth-order valence-corrected chi connectivity index (χ4v) is 2.58. The smallest absolute Gasteiger partial charge is 0.251 e. The van der Waals surface area contributed by atoms with Crippen molar-refractivity contribution in [3.8, 4) is 0 Å². The third-order valence-corrected chi connectivity index (χ3v) is 3.73. The van der Waals surface area contributed by atoms with E-state index in [1.165, 1.54) is 18.2 Å². The first-order chi connectivity index (χ1) is 9.08. The van der Waals surface area contributed by atoms with Gasteiger partial charge in [0.05, 0.1) is 12.1 Å². The molecule has 1 fully saturated rings. The normalized spacial score (nSPS) is 23.7. The van der Waals surface area contributed by atoms with Gasteiger partial charge in [0.2, 0.25) is 0 Å². The number of rotatable bonds is 2. The van der Waals surface area contributed by atoms with Gasteiger partial charge in [-0.05, 0) is 43.5 Å². The molecule has 1 saturated carbocycles. The van der Waals surface area contributed by atoms with E-state index in [2.05, 4.69) is 5.32 Å². The minimum absolute atomic E-state index is 0.195. The van der Waals surface area contributed by atoms with Gasteiger partial charge >= 0.3 is 0 Å². The highest BCUT2D eigenvalue weighted by molar-refractivity contribution is 5.95. The molecule has 1 amide bonds. The summed E-state index contributed by atoms with van der Waals surface area (Å²) < 4.78 is 13.0. The number of halogens is 1. The van der Waals surface area contributed by atoms with Crippen molar-refractivity contribution in [1.82, 2.24) is 5.32 Å². The maximum Gasteiger partial charge on any atom is 0.251 e. The lowest BCUT2D eigenvalue weighted by Crippen LogP contribution is -2.42. The van der Waals surface area contributed by atoms with Gasteiger partial charge in [-0.3, -0.25) is 4.79 Å². The van der Waals surface area contributed by atoms with Gasteiger partial charge in [0.1, 0.15) is 5.82 Å². The average Bonchev–Trinajstić information content (AvgIpc) is 2.55. The summed E-state index contributed by atoms with van der Waals surface area (Å²) in [5.41, 5.74) is 1.08. The molecular weight excluding hydrogens is 245 g/mol. The number of aliphatic hydroxyl groups excluding tert-OH is 1. The van der Waals surface area contributed by atoms with E-state index in [4.69, 9.17) is 0 Å². The van der Waals surface area contributed by atoms with Crippen LogP contribution in [-0.4, -0.2) is 23.2 Å². The second kappa shape index (κ2) is 6.15. The third-order valence-electron chi connectivity index (χ3n) is 3.73. The lowest BCUT2D eigenvalue weighted by atomic mass is 10.0. The van der Waals surface area contributed by atoms with Crippen LogP contribution in [0, 0.1) is 12.7 Å². The Morgan fingerprint density at radius 1 is 1.32 bits per heavy atom. The van der Waals surface area contributed by atoms with Crippen molar-refractivity contribution in [3.05, 3.63) is 35.1 Å². The molecule has 1 aromatic carbocycles. The molecule has 1 aliphatic carbocycles. The highest BCUT2D eigenvalue weighted by Gasteiger charge is 2.24. The molecule has 2 rings (SSSR count). The van der Waals surface area contributed by atoms with Gasteiger partial charge in [0.25, 0.3) is 5.91 Å². The number of aliphatic hydroxyl groups is 1. The maximum absolute atomic E-state index is 13.0. The Balaban J connectivity index is 2.07. The molecule has 2 atom stereocenters. The van der Waals surface area contributed by atoms with E-state index in [9.17, 15) is 14.3 Å². The van der Waals surface area contributed by atoms with Gasteiger partial charge < -0.3 is 10.4 Å². The zero-order valence-electron chi connectivity index (χ0n) is 11.2. The van der Waals surface area contributed by atoms with E-state index < -0.39 is 6.10 Å². The van der Waals surface area contributed by atoms with Crippen molar-refractivity contribution < 1.29 is 14.3 Å². The zero-order chi connectivity index (χ0) is 13.8. The van der Waals surface area contributed by atoms with E-state index in [0.717, 1.165) is 32.1 Å². The number of amides is 1. The van der Waals surface area contributed by atoms with Gasteiger partial charge in [-0.1, -0.05) is 19.3 Å². The second-order valence-electron chi connectivity index (χ2n) is 5.24. The van der Waals surface area contributed by atoms with Crippen molar-refractivity contribution in [2.75, 3.05) is 0 Å². The van der Waals surface area contributed by atoms with Crippen LogP contribution in [0.25, 0.3) is 0 Å². The number of nitrogens with one attached hydrogen (secondary N) is 1. The summed E-state index contributed by atoms with van der Waals surface area (Å²) in [7, 11) is 0. The van der Waals surface area contributed by atoms with E-state index in [0.29, 0.717) is 11.1 Å². The molecule has 0 radical (unpaired) electrons. The Labute approximate surface area is 112 Å². The SMILES string of the molecule is Cc1cc(F)ccc1C(=O)NC1CCCCCC1O. The highest BCUT2D eigenvalue weighted by atomic mass is 19.1. The van der Waals surface area contributed by atoms with Gasteiger partial charge in [-0.25, -0.2) is 4.39 Å². The van der Waals surface area contributed by atoms with Crippen LogP contribution in [0.1, 0.15) is 48.0 Å². The zero-order valence-corrected chi connectivity index (χ0v) is 11.2. The van der Waals surface area contributed by atoms with Crippen molar-refractivity contribution in [2.24, 2.45) is 0 Å². The molecule has 19 heavy (non-hydrogen) atoms. The molecule has 1 aromatic rings. The molecular formula is C15H20FNO2. The quantitative estimate of drug-likeness (QED) is 0.807. The number of benzene rings is 1. The molecule has 3 nitrogen and oxygen atoms in total. The maximum atomic E-state index is 13.0. The minimum atomic E-state index is -0.479. The van der Waals surface area contributed by atoms with Crippen LogP contribution in [-0.2, 0) is 0 Å². The summed E-state index contributed by atoms with van der Waals surface area (Å²) >= 11 is 0. The second-order valence-corrected chi connectivity index (χ2v) is 5.24. The van der Waals surface area contributed by atoms with Crippen LogP contribution in [0.15, 0.2) is 18.2 Å². The van der Waals surface area contributed by atoms with Gasteiger partial charge in [0, 0.05) is 5.56 Å². The summed E-state index contributed by atoms with van der Waals surface area (Å²) in [5, 5.41) is 12.9. The van der Waals surface area contributed by atoms with Crippen LogP contribution >= 0.6 is 0 Å². The molecule has 2 N–H and O–H groups in total. The Morgan fingerprint density at radius 3 is 2.79 bits per heavy atom. The standard InChI is InChI=1S/C15H20FNO2/c1-10-9-11(16)7-8-12(10)15(19)17-13-5-3-2-4-6-14(13)18/h7-9,13-14,18H,2-6H2,1H3,(H,17,19). The van der Waals surface area contributed by atoms with Crippen molar-refractivity contribution in [1.29, 1.82) is 0 Å². The Bertz CT molecular complexity index is 461. The van der Waals surface area contributed by atoms with Crippen molar-refractivity contribution in [2.45, 2.75) is 51.2 Å². The first kappa shape index (κ1) is 14.0. The predicted molar refractivity (Wildman–Crippen MR) is 71.5 cm³/mol. The molecule has 4 heteroatoms. The van der Waals surface area contributed by atoms with Crippen molar-refractivity contribution >= 4 is 5.91 Å². The Morgan fingerprint density at radius 2 is 2.05 bits per heavy atom. The number of aryl methyl sites for hydroxylation is 1. The van der Waals surface area contributed by atoms with Crippen LogP contribution in [0.2, 0.25) is 0 Å². The third kappa shape index (κ3) is 3.53. The van der Waals surface area contributed by atoms with Crippen LogP contribution in [0.4, 0.5) is 4.39 Å². The molecule has 0 aliphatic heterocycles. The topological polar surface area (TPSA) is 49.3 Å². The molecule has 0 spiro atoms. The number of hydrogen-bond donors (Lipinski definition) is 2. The predicted octanol–water partition coefficient (Wildman–Crippen LogP) is 2.56. The summed E-state index contributed by atoms with van der Waals surface area (Å²) in [5.74, 6) is -0.577. The number of hydrogen-bond acceptors (Lipinski definition) is 2. The van der Waals surface area contributed by atoms with E-state index in [1.54, 1.807) is 6.92 Å². The molecule has 0 bridgehead atoms. The Hall–Kier alpha value is -1.42. The summed E-state index contributed by atoms with van der Waals surface area (Å²) in [6, 6.07) is 3.92. The molecule has 0 saturated heterocycles. The van der Waals surface area contributed by atoms with Gasteiger partial charge in [0.15, 0.2) is 0 Å². The van der Waals surface area contributed by atoms with Crippen LogP contribution < -0.4 is 5.32 Å². The monoisotopic (exact) mass is 265 g/mol. The lowest BCUT2D eigenvalue weighted by Gasteiger charge is -2.22. The first-order valence-electron chi connectivity index (χ1n) is 6.83. The summed E-state index contributed by atoms with van der Waals surface area (Å²) in [6.45, 7) is 1.71. The largest absolute Gasteiger partial charge is 0.391 e. The van der Waals surface area contributed by atoms with E-state index >= 15 is 0 Å². The molecule has 1 aliphatic rings. The first-order valence-corrected chi connectivity index (χ1v) is 6.83. The molecule has 104 valence electrons. The number of carbonyl (C=O) groups excluding carboxylic acids is 1. The molecule has 0 aromatic heterocycles. The average molecular weight is 265 g/mol. The molecule has 2 unspecified atom stereocenters. The summed E-state index contributed by atoms with van der Waals surface area (Å²) in [4.78, 5) is 12.2. The van der Waals surface area contributed by atoms with Gasteiger partial charge in [-0.15, -0.1) is 0 Å². The summed E-state index contributed by atoms with van der Waals surface area (Å²) in [6.07, 6.45) is 4.17. The van der Waals surface area contributed by atoms with Gasteiger partial charge in [-0.2, -0.15) is 0 Å². The fraction of sp³-hybridized carbons (Fsp3) is 0.533. The lowest BCUT2D eigenvalue weighted by molar-refractivity contribution is 0.0818. The van der Waals surface area contributed by atoms with Crippen molar-refractivity contribution in [3.63, 3.8) is 0 Å². The Kier molecular flexibility index (Phi) is 4.53. The number of carbonyl (C=O) groups is 1. The highest BCUT2D eigenvalue weighted by Crippen LogP contribution is 2.19. The fourth-order valence-electron chi connectivity index (χ4n) is 2.58.